The number of anilines is 6. The summed E-state index contributed by atoms with van der Waals surface area (Å²) in [6, 6.07) is 59.4. The first-order chi connectivity index (χ1) is 34.1. The van der Waals surface area contributed by atoms with E-state index in [-0.39, 0.29) is 23.0 Å². The number of fused-ring (bicyclic) bond motifs is 9. The van der Waals surface area contributed by atoms with Crippen molar-refractivity contribution in [1.29, 1.82) is 0 Å². The molecule has 71 heavy (non-hydrogen) atoms. The van der Waals surface area contributed by atoms with Gasteiger partial charge in [-0.25, -0.2) is 0 Å². The second-order valence-corrected chi connectivity index (χ2v) is 22.9. The van der Waals surface area contributed by atoms with Crippen molar-refractivity contribution in [2.24, 2.45) is 0 Å². The van der Waals surface area contributed by atoms with Gasteiger partial charge in [0.25, 0.3) is 6.71 Å². The Kier molecular flexibility index (Phi) is 9.53. The Morgan fingerprint density at radius 1 is 0.507 bits per heavy atom. The molecule has 4 aliphatic rings. The Bertz CT molecular complexity index is 3650. The van der Waals surface area contributed by atoms with Gasteiger partial charge in [-0.15, -0.1) is 0 Å². The number of nitrogens with zero attached hydrogens (tertiary/aromatic N) is 2. The fourth-order valence-corrected chi connectivity index (χ4v) is 12.0. The molecule has 6 heteroatoms. The van der Waals surface area contributed by atoms with Gasteiger partial charge >= 0.3 is 0 Å². The van der Waals surface area contributed by atoms with Crippen molar-refractivity contribution < 1.29 is 13.9 Å². The topological polar surface area (TPSA) is 38.1 Å². The molecule has 0 saturated heterocycles. The number of hydrogen-bond acceptors (Lipinski definition) is 5. The number of furan rings is 1. The van der Waals surface area contributed by atoms with Crippen LogP contribution in [0.4, 0.5) is 34.1 Å². The molecule has 3 aliphatic heterocycles. The van der Waals surface area contributed by atoms with Gasteiger partial charge in [-0.3, -0.25) is 0 Å². The lowest BCUT2D eigenvalue weighted by Crippen LogP contribution is -2.61. The molecule has 1 aliphatic carbocycles. The molecule has 1 aromatic heterocycles. The van der Waals surface area contributed by atoms with E-state index in [2.05, 4.69) is 224 Å². The van der Waals surface area contributed by atoms with Gasteiger partial charge in [0.2, 0.25) is 0 Å². The molecule has 0 spiro atoms. The Hall–Kier alpha value is -7.44. The van der Waals surface area contributed by atoms with E-state index in [1.54, 1.807) is 0 Å². The number of ether oxygens (including phenoxy) is 2. The minimum Gasteiger partial charge on any atom is -0.490 e. The molecule has 0 unspecified atom stereocenters. The van der Waals surface area contributed by atoms with E-state index in [9.17, 15) is 0 Å². The monoisotopic (exact) mass is 926 g/mol. The van der Waals surface area contributed by atoms with Crippen LogP contribution in [0.2, 0.25) is 0 Å². The maximum atomic E-state index is 6.75. The zero-order valence-electron chi connectivity index (χ0n) is 42.3. The van der Waals surface area contributed by atoms with Gasteiger partial charge in [0, 0.05) is 57.3 Å². The second-order valence-electron chi connectivity index (χ2n) is 22.9. The fourth-order valence-electron chi connectivity index (χ4n) is 12.0. The molecule has 5 nitrogen and oxygen atoms in total. The largest absolute Gasteiger partial charge is 0.490 e. The van der Waals surface area contributed by atoms with E-state index >= 15 is 0 Å². The van der Waals surface area contributed by atoms with Crippen molar-refractivity contribution >= 4 is 68.2 Å². The van der Waals surface area contributed by atoms with Crippen molar-refractivity contribution in [3.8, 4) is 45.1 Å². The molecule has 0 atom stereocenters. The van der Waals surface area contributed by atoms with E-state index in [1.807, 2.05) is 6.07 Å². The highest BCUT2D eigenvalue weighted by Crippen LogP contribution is 2.52. The predicted octanol–water partition coefficient (Wildman–Crippen LogP) is 15.2. The third kappa shape index (κ3) is 6.89. The number of benzene rings is 8. The fraction of sp³-hybridized carbons (Fsp3) is 0.231. The summed E-state index contributed by atoms with van der Waals surface area (Å²) < 4.78 is 19.3. The van der Waals surface area contributed by atoms with Gasteiger partial charge in [0.15, 0.2) is 11.5 Å². The van der Waals surface area contributed by atoms with E-state index < -0.39 is 0 Å². The van der Waals surface area contributed by atoms with E-state index in [0.29, 0.717) is 13.2 Å². The highest BCUT2D eigenvalue weighted by Gasteiger charge is 2.45. The van der Waals surface area contributed by atoms with Crippen LogP contribution in [-0.4, -0.2) is 19.9 Å². The van der Waals surface area contributed by atoms with Gasteiger partial charge in [-0.2, -0.15) is 0 Å². The standard InChI is InChI=1S/C65H59BN2O3/c1-39-29-56-62-57(30-39)68(47-32-42(31-43(33-47)60-35-41-15-10-13-18-58(41)71-60)40-19-23-49-48-16-11-12-17-50(48)65(8,9)51(49)34-40)55-25-21-45(64(5,6)7)37-53(55)66(62)52-36-44(63(2,3)4)20-24-54(52)67(56)46-22-26-59-61(38-46)70-28-14-27-69-59/h10-13,15-26,29-38H,14,27-28H2,1-9H3. The minimum atomic E-state index is -0.140. The first kappa shape index (κ1) is 43.6. The van der Waals surface area contributed by atoms with Crippen molar-refractivity contribution in [3.63, 3.8) is 0 Å². The van der Waals surface area contributed by atoms with Crippen LogP contribution in [-0.2, 0) is 16.2 Å². The smallest absolute Gasteiger partial charge is 0.252 e. The maximum absolute atomic E-state index is 6.75. The molecule has 0 bridgehead atoms. The van der Waals surface area contributed by atoms with Gasteiger partial charge in [0.1, 0.15) is 11.3 Å². The lowest BCUT2D eigenvalue weighted by molar-refractivity contribution is 0.297. The molecule has 13 rings (SSSR count). The Morgan fingerprint density at radius 2 is 1.14 bits per heavy atom. The summed E-state index contributed by atoms with van der Waals surface area (Å²) in [7, 11) is 0. The van der Waals surface area contributed by atoms with Gasteiger partial charge in [0.05, 0.1) is 18.9 Å². The molecule has 0 saturated carbocycles. The molecule has 8 aromatic carbocycles. The van der Waals surface area contributed by atoms with Gasteiger partial charge < -0.3 is 23.7 Å². The lowest BCUT2D eigenvalue weighted by atomic mass is 9.33. The number of rotatable bonds is 4. The van der Waals surface area contributed by atoms with Crippen LogP contribution in [0.25, 0.3) is 44.5 Å². The highest BCUT2D eigenvalue weighted by atomic mass is 16.5. The minimum absolute atomic E-state index is 0.0401. The molecule has 0 N–H and O–H groups in total. The zero-order chi connectivity index (χ0) is 48.7. The number of hydrogen-bond donors (Lipinski definition) is 0. The summed E-state index contributed by atoms with van der Waals surface area (Å²) in [4.78, 5) is 5.04. The Morgan fingerprint density at radius 3 is 1.85 bits per heavy atom. The first-order valence-electron chi connectivity index (χ1n) is 25.4. The lowest BCUT2D eigenvalue weighted by Gasteiger charge is -2.45. The molecule has 9 aromatic rings. The summed E-state index contributed by atoms with van der Waals surface area (Å²) >= 11 is 0. The number of para-hydroxylation sites is 1. The van der Waals surface area contributed by atoms with Crippen molar-refractivity contribution in [3.05, 3.63) is 186 Å². The molecule has 0 radical (unpaired) electrons. The molecule has 0 amide bonds. The summed E-state index contributed by atoms with van der Waals surface area (Å²) in [6.45, 7) is 22.2. The SMILES string of the molecule is Cc1cc2c3c(c1)N(c1ccc4c(c1)OCCCO4)c1ccc(C(C)(C)C)cc1B3c1cc(C(C)(C)C)ccc1N2c1cc(-c2ccc3c(c2)C(C)(C)c2ccccc2-3)cc(-c2cc3ccccc3o2)c1. The van der Waals surface area contributed by atoms with Crippen LogP contribution in [0.3, 0.4) is 0 Å². The zero-order valence-corrected chi connectivity index (χ0v) is 42.3. The molecule has 0 fully saturated rings. The highest BCUT2D eigenvalue weighted by molar-refractivity contribution is 7.00. The second kappa shape index (κ2) is 15.5. The summed E-state index contributed by atoms with van der Waals surface area (Å²) in [6.07, 6.45) is 0.850. The predicted molar refractivity (Wildman–Crippen MR) is 296 cm³/mol. The van der Waals surface area contributed by atoms with E-state index in [0.717, 1.165) is 57.2 Å². The van der Waals surface area contributed by atoms with Crippen molar-refractivity contribution in [2.45, 2.75) is 85.0 Å². The summed E-state index contributed by atoms with van der Waals surface area (Å²) in [5.41, 5.74) is 23.8. The maximum Gasteiger partial charge on any atom is 0.252 e. The molecule has 4 heterocycles. The van der Waals surface area contributed by atoms with Crippen LogP contribution in [0.5, 0.6) is 11.5 Å². The van der Waals surface area contributed by atoms with Crippen LogP contribution in [0.15, 0.2) is 162 Å². The van der Waals surface area contributed by atoms with Crippen molar-refractivity contribution in [1.82, 2.24) is 0 Å². The van der Waals surface area contributed by atoms with Crippen LogP contribution in [0, 0.1) is 6.92 Å². The summed E-state index contributed by atoms with van der Waals surface area (Å²) in [5.74, 6) is 2.42. The average Bonchev–Trinajstić information content (AvgIpc) is 3.78. The normalized spacial score (nSPS) is 15.2. The quantitative estimate of drug-likeness (QED) is 0.164. The summed E-state index contributed by atoms with van der Waals surface area (Å²) in [5, 5.41) is 1.09. The third-order valence-electron chi connectivity index (χ3n) is 15.7. The third-order valence-corrected chi connectivity index (χ3v) is 15.7. The molecule has 350 valence electrons. The molecular formula is C65H59BN2O3. The van der Waals surface area contributed by atoms with Gasteiger partial charge in [-0.1, -0.05) is 134 Å². The Balaban J connectivity index is 1.09. The Labute approximate surface area is 418 Å². The van der Waals surface area contributed by atoms with Crippen LogP contribution in [0.1, 0.15) is 89.6 Å². The number of aryl methyl sites for hydroxylation is 1. The van der Waals surface area contributed by atoms with E-state index in [4.69, 9.17) is 13.9 Å². The van der Waals surface area contributed by atoms with Gasteiger partial charge in [-0.05, 0) is 157 Å². The van der Waals surface area contributed by atoms with E-state index in [1.165, 1.54) is 83.6 Å². The first-order valence-corrected chi connectivity index (χ1v) is 25.4. The molecular weight excluding hydrogens is 868 g/mol. The average molecular weight is 927 g/mol. The van der Waals surface area contributed by atoms with Crippen LogP contribution < -0.4 is 35.7 Å². The van der Waals surface area contributed by atoms with Crippen LogP contribution >= 0.6 is 0 Å². The van der Waals surface area contributed by atoms with Crippen molar-refractivity contribution in [2.75, 3.05) is 23.0 Å².